The van der Waals surface area contributed by atoms with Crippen LogP contribution in [0.5, 0.6) is 5.75 Å². The number of nitrogens with zero attached hydrogens (tertiary/aromatic N) is 1. The molecule has 1 heterocycles. The Morgan fingerprint density at radius 1 is 0.906 bits per heavy atom. The van der Waals surface area contributed by atoms with Crippen molar-refractivity contribution in [1.29, 1.82) is 0 Å². The first-order chi connectivity index (χ1) is 15.8. The van der Waals surface area contributed by atoms with Crippen LogP contribution < -0.4 is 10.2 Å². The normalized spacial score (nSPS) is 11.2. The molecule has 1 aromatic heterocycles. The van der Waals surface area contributed by atoms with Gasteiger partial charge in [-0.1, -0.05) is 60.7 Å². The van der Waals surface area contributed by atoms with E-state index < -0.39 is 0 Å². The highest BCUT2D eigenvalue weighted by atomic mass is 16.5. The Hall–Kier alpha value is -4.38. The molecule has 0 saturated carbocycles. The van der Waals surface area contributed by atoms with E-state index in [4.69, 9.17) is 4.74 Å². The number of aromatic nitrogens is 1. The Bertz CT molecular complexity index is 1420. The minimum Gasteiger partial charge on any atom is -0.489 e. The van der Waals surface area contributed by atoms with Gasteiger partial charge in [-0.25, -0.2) is 5.43 Å². The Balaban J connectivity index is 1.25. The molecule has 2 N–H and O–H groups in total. The maximum absolute atomic E-state index is 12.5. The van der Waals surface area contributed by atoms with Crippen molar-refractivity contribution in [3.05, 3.63) is 114 Å². The van der Waals surface area contributed by atoms with Crippen molar-refractivity contribution in [1.82, 2.24) is 10.4 Å². The molecule has 0 unspecified atom stereocenters. The number of fused-ring (bicyclic) bond motifs is 2. The molecule has 5 heteroatoms. The predicted molar refractivity (Wildman–Crippen MR) is 128 cm³/mol. The molecular formula is C27H21N3O2. The van der Waals surface area contributed by atoms with Gasteiger partial charge in [-0.2, -0.15) is 5.10 Å². The van der Waals surface area contributed by atoms with E-state index in [-0.39, 0.29) is 5.91 Å². The first-order valence-electron chi connectivity index (χ1n) is 10.4. The van der Waals surface area contributed by atoms with E-state index in [2.05, 4.69) is 15.5 Å². The molecule has 0 fully saturated rings. The molecule has 0 aliphatic carbocycles. The third-order valence-electron chi connectivity index (χ3n) is 5.31. The topological polar surface area (TPSA) is 66.5 Å². The van der Waals surface area contributed by atoms with Crippen LogP contribution in [0.4, 0.5) is 0 Å². The summed E-state index contributed by atoms with van der Waals surface area (Å²) in [7, 11) is 0. The van der Waals surface area contributed by atoms with Gasteiger partial charge in [0.2, 0.25) is 0 Å². The molecule has 0 atom stereocenters. The number of aromatic amines is 1. The quantitative estimate of drug-likeness (QED) is 0.275. The van der Waals surface area contributed by atoms with Gasteiger partial charge in [-0.15, -0.1) is 0 Å². The number of benzene rings is 4. The van der Waals surface area contributed by atoms with Gasteiger partial charge in [0.05, 0.1) is 6.21 Å². The zero-order chi connectivity index (χ0) is 21.8. The van der Waals surface area contributed by atoms with Crippen molar-refractivity contribution in [3.8, 4) is 5.75 Å². The number of nitrogens with one attached hydrogen (secondary N) is 2. The Morgan fingerprint density at radius 2 is 1.72 bits per heavy atom. The summed E-state index contributed by atoms with van der Waals surface area (Å²) in [5.74, 6) is 0.541. The summed E-state index contributed by atoms with van der Waals surface area (Å²) in [4.78, 5) is 15.7. The third-order valence-corrected chi connectivity index (χ3v) is 5.31. The largest absolute Gasteiger partial charge is 0.489 e. The maximum atomic E-state index is 12.5. The van der Waals surface area contributed by atoms with E-state index in [9.17, 15) is 4.79 Å². The number of H-pyrrole nitrogens is 1. The van der Waals surface area contributed by atoms with Gasteiger partial charge in [0.1, 0.15) is 12.4 Å². The maximum Gasteiger partial charge on any atom is 0.271 e. The summed E-state index contributed by atoms with van der Waals surface area (Å²) in [5, 5.41) is 7.26. The lowest BCUT2D eigenvalue weighted by Crippen LogP contribution is -2.17. The Kier molecular flexibility index (Phi) is 5.37. The molecule has 156 valence electrons. The van der Waals surface area contributed by atoms with Crippen molar-refractivity contribution < 1.29 is 9.53 Å². The number of hydrogen-bond acceptors (Lipinski definition) is 3. The van der Waals surface area contributed by atoms with Crippen molar-refractivity contribution in [2.24, 2.45) is 5.10 Å². The Morgan fingerprint density at radius 3 is 2.59 bits per heavy atom. The van der Waals surface area contributed by atoms with Crippen LogP contribution in [-0.4, -0.2) is 17.1 Å². The number of rotatable bonds is 6. The average molecular weight is 419 g/mol. The molecule has 5 aromatic rings. The van der Waals surface area contributed by atoms with Crippen molar-refractivity contribution >= 4 is 33.8 Å². The number of hydrazone groups is 1. The lowest BCUT2D eigenvalue weighted by atomic mass is 10.1. The van der Waals surface area contributed by atoms with Crippen LogP contribution in [0.25, 0.3) is 21.7 Å². The minimum atomic E-state index is -0.247. The van der Waals surface area contributed by atoms with Gasteiger partial charge in [-0.05, 0) is 40.6 Å². The number of ether oxygens (including phenoxy) is 1. The van der Waals surface area contributed by atoms with Crippen LogP contribution in [0, 0.1) is 0 Å². The molecule has 5 nitrogen and oxygen atoms in total. The molecule has 0 bridgehead atoms. The SMILES string of the molecule is O=C(N/N=C/c1c[nH]c2cc(OCc3ccccc3)ccc12)c1ccc2ccccc2c1. The van der Waals surface area contributed by atoms with Gasteiger partial charge >= 0.3 is 0 Å². The van der Waals surface area contributed by atoms with Crippen molar-refractivity contribution in [3.63, 3.8) is 0 Å². The molecule has 32 heavy (non-hydrogen) atoms. The number of carbonyl (C=O) groups excluding carboxylic acids is 1. The molecule has 0 saturated heterocycles. The molecule has 0 radical (unpaired) electrons. The fourth-order valence-corrected chi connectivity index (χ4v) is 3.62. The van der Waals surface area contributed by atoms with Gasteiger partial charge in [-0.3, -0.25) is 4.79 Å². The number of carbonyl (C=O) groups is 1. The second kappa shape index (κ2) is 8.78. The third kappa shape index (κ3) is 4.23. The standard InChI is InChI=1S/C27H21N3O2/c31-27(22-11-10-20-8-4-5-9-21(20)14-22)30-29-17-23-16-28-26-15-24(12-13-25(23)26)32-18-19-6-2-1-3-7-19/h1-17,28H,18H2,(H,30,31)/b29-17+. The van der Waals surface area contributed by atoms with E-state index in [1.54, 1.807) is 12.3 Å². The summed E-state index contributed by atoms with van der Waals surface area (Å²) < 4.78 is 5.89. The molecule has 0 spiro atoms. The van der Waals surface area contributed by atoms with Crippen LogP contribution in [-0.2, 0) is 6.61 Å². The molecule has 1 amide bonds. The van der Waals surface area contributed by atoms with Crippen LogP contribution in [0.3, 0.4) is 0 Å². The van der Waals surface area contributed by atoms with Crippen LogP contribution in [0.1, 0.15) is 21.5 Å². The van der Waals surface area contributed by atoms with Crippen LogP contribution in [0.2, 0.25) is 0 Å². The average Bonchev–Trinajstić information content (AvgIpc) is 3.25. The number of hydrogen-bond donors (Lipinski definition) is 2. The van der Waals surface area contributed by atoms with Crippen molar-refractivity contribution in [2.75, 3.05) is 0 Å². The Labute approximate surface area is 185 Å². The lowest BCUT2D eigenvalue weighted by molar-refractivity contribution is 0.0955. The highest BCUT2D eigenvalue weighted by Crippen LogP contribution is 2.23. The second-order valence-corrected chi connectivity index (χ2v) is 7.49. The first kappa shape index (κ1) is 19.6. The predicted octanol–water partition coefficient (Wildman–Crippen LogP) is 5.66. The summed E-state index contributed by atoms with van der Waals surface area (Å²) in [6.07, 6.45) is 3.50. The summed E-state index contributed by atoms with van der Waals surface area (Å²) in [6.45, 7) is 0.516. The summed E-state index contributed by atoms with van der Waals surface area (Å²) >= 11 is 0. The van der Waals surface area contributed by atoms with Gasteiger partial charge in [0, 0.05) is 34.3 Å². The van der Waals surface area contributed by atoms with E-state index in [0.29, 0.717) is 12.2 Å². The molecule has 0 aliphatic heterocycles. The first-order valence-corrected chi connectivity index (χ1v) is 10.4. The summed E-state index contributed by atoms with van der Waals surface area (Å²) in [5.41, 5.74) is 6.12. The van der Waals surface area contributed by atoms with Crippen LogP contribution >= 0.6 is 0 Å². The van der Waals surface area contributed by atoms with Gasteiger partial charge in [0.15, 0.2) is 0 Å². The molecule has 4 aromatic carbocycles. The van der Waals surface area contributed by atoms with Gasteiger partial charge in [0.25, 0.3) is 5.91 Å². The second-order valence-electron chi connectivity index (χ2n) is 7.49. The molecule has 5 rings (SSSR count). The smallest absolute Gasteiger partial charge is 0.271 e. The molecule has 0 aliphatic rings. The highest BCUT2D eigenvalue weighted by molar-refractivity contribution is 6.01. The van der Waals surface area contributed by atoms with E-state index in [0.717, 1.165) is 38.6 Å². The van der Waals surface area contributed by atoms with Crippen LogP contribution in [0.15, 0.2) is 102 Å². The summed E-state index contributed by atoms with van der Waals surface area (Å²) in [6, 6.07) is 29.5. The fourth-order valence-electron chi connectivity index (χ4n) is 3.62. The zero-order valence-corrected chi connectivity index (χ0v) is 17.3. The zero-order valence-electron chi connectivity index (χ0n) is 17.3. The van der Waals surface area contributed by atoms with E-state index >= 15 is 0 Å². The highest BCUT2D eigenvalue weighted by Gasteiger charge is 2.07. The van der Waals surface area contributed by atoms with E-state index in [1.165, 1.54) is 0 Å². The monoisotopic (exact) mass is 419 g/mol. The molecular weight excluding hydrogens is 398 g/mol. The van der Waals surface area contributed by atoms with Crippen molar-refractivity contribution in [2.45, 2.75) is 6.61 Å². The van der Waals surface area contributed by atoms with Gasteiger partial charge < -0.3 is 9.72 Å². The van der Waals surface area contributed by atoms with E-state index in [1.807, 2.05) is 91.1 Å². The fraction of sp³-hybridized carbons (Fsp3) is 0.0370. The lowest BCUT2D eigenvalue weighted by Gasteiger charge is -2.06. The number of amides is 1. The minimum absolute atomic E-state index is 0.247.